The van der Waals surface area contributed by atoms with Crippen LogP contribution in [0.3, 0.4) is 0 Å². The molecule has 2 N–H and O–H groups in total. The lowest BCUT2D eigenvalue weighted by atomic mass is 10.0. The van der Waals surface area contributed by atoms with Crippen LogP contribution in [0.25, 0.3) is 10.9 Å². The summed E-state index contributed by atoms with van der Waals surface area (Å²) in [5.41, 5.74) is 4.86. The van der Waals surface area contributed by atoms with E-state index in [-0.39, 0.29) is 5.91 Å². The SMILES string of the molecule is CCC(=O)NCCc1c(Cc2ccc(OC)cc2)[nH]c2ccccc12. The lowest BCUT2D eigenvalue weighted by Crippen LogP contribution is -2.24. The molecule has 4 nitrogen and oxygen atoms in total. The fourth-order valence-electron chi connectivity index (χ4n) is 3.09. The summed E-state index contributed by atoms with van der Waals surface area (Å²) in [5.74, 6) is 0.958. The van der Waals surface area contributed by atoms with Crippen molar-refractivity contribution in [2.24, 2.45) is 0 Å². The Morgan fingerprint density at radius 1 is 1.12 bits per heavy atom. The van der Waals surface area contributed by atoms with E-state index < -0.39 is 0 Å². The van der Waals surface area contributed by atoms with Crippen LogP contribution in [0, 0.1) is 0 Å². The van der Waals surface area contributed by atoms with E-state index in [1.54, 1.807) is 7.11 Å². The number of methoxy groups -OCH3 is 1. The quantitative estimate of drug-likeness (QED) is 0.689. The van der Waals surface area contributed by atoms with Gasteiger partial charge in [0.2, 0.25) is 5.91 Å². The number of para-hydroxylation sites is 1. The summed E-state index contributed by atoms with van der Waals surface area (Å²) in [6, 6.07) is 16.5. The molecule has 0 fully saturated rings. The molecule has 0 saturated heterocycles. The normalized spacial score (nSPS) is 10.8. The van der Waals surface area contributed by atoms with E-state index >= 15 is 0 Å². The van der Waals surface area contributed by atoms with Gasteiger partial charge in [0.15, 0.2) is 0 Å². The maximum atomic E-state index is 11.5. The van der Waals surface area contributed by atoms with Crippen molar-refractivity contribution < 1.29 is 9.53 Å². The van der Waals surface area contributed by atoms with Crippen LogP contribution in [-0.4, -0.2) is 24.5 Å². The molecule has 3 aromatic rings. The Hall–Kier alpha value is -2.75. The standard InChI is InChI=1S/C21H24N2O2/c1-3-21(24)22-13-12-18-17-6-4-5-7-19(17)23-20(18)14-15-8-10-16(25-2)11-9-15/h4-11,23H,3,12-14H2,1-2H3,(H,22,24). The molecule has 0 aliphatic carbocycles. The number of aromatic amines is 1. The average molecular weight is 336 g/mol. The number of carbonyl (C=O) groups excluding carboxylic acids is 1. The summed E-state index contributed by atoms with van der Waals surface area (Å²) < 4.78 is 5.23. The lowest BCUT2D eigenvalue weighted by Gasteiger charge is -2.07. The third-order valence-corrected chi connectivity index (χ3v) is 4.46. The van der Waals surface area contributed by atoms with E-state index in [0.29, 0.717) is 13.0 Å². The van der Waals surface area contributed by atoms with Crippen LogP contribution in [0.2, 0.25) is 0 Å². The van der Waals surface area contributed by atoms with Crippen molar-refractivity contribution in [3.05, 3.63) is 65.4 Å². The summed E-state index contributed by atoms with van der Waals surface area (Å²) in [6.45, 7) is 2.53. The first-order valence-electron chi connectivity index (χ1n) is 8.69. The molecule has 0 unspecified atom stereocenters. The molecule has 0 saturated carbocycles. The summed E-state index contributed by atoms with van der Waals surface area (Å²) in [6.07, 6.45) is 2.17. The molecular weight excluding hydrogens is 312 g/mol. The van der Waals surface area contributed by atoms with Gasteiger partial charge in [0.1, 0.15) is 5.75 Å². The van der Waals surface area contributed by atoms with Crippen LogP contribution < -0.4 is 10.1 Å². The van der Waals surface area contributed by atoms with Crippen molar-refractivity contribution in [1.29, 1.82) is 0 Å². The zero-order valence-corrected chi connectivity index (χ0v) is 14.8. The smallest absolute Gasteiger partial charge is 0.219 e. The Balaban J connectivity index is 1.84. The van der Waals surface area contributed by atoms with Crippen molar-refractivity contribution in [1.82, 2.24) is 10.3 Å². The van der Waals surface area contributed by atoms with Gasteiger partial charge in [-0.05, 0) is 35.7 Å². The first-order valence-corrected chi connectivity index (χ1v) is 8.69. The van der Waals surface area contributed by atoms with Crippen molar-refractivity contribution >= 4 is 16.8 Å². The molecule has 0 radical (unpaired) electrons. The minimum atomic E-state index is 0.0940. The molecular formula is C21H24N2O2. The minimum absolute atomic E-state index is 0.0940. The van der Waals surface area contributed by atoms with Crippen LogP contribution >= 0.6 is 0 Å². The van der Waals surface area contributed by atoms with Gasteiger partial charge >= 0.3 is 0 Å². The average Bonchev–Trinajstić information content (AvgIpc) is 2.99. The highest BCUT2D eigenvalue weighted by atomic mass is 16.5. The van der Waals surface area contributed by atoms with E-state index in [9.17, 15) is 4.79 Å². The number of hydrogen-bond donors (Lipinski definition) is 2. The highest BCUT2D eigenvalue weighted by Gasteiger charge is 2.12. The van der Waals surface area contributed by atoms with Gasteiger partial charge in [0.05, 0.1) is 7.11 Å². The van der Waals surface area contributed by atoms with Crippen LogP contribution in [0.15, 0.2) is 48.5 Å². The molecule has 3 rings (SSSR count). The number of hydrogen-bond acceptors (Lipinski definition) is 2. The van der Waals surface area contributed by atoms with Crippen molar-refractivity contribution in [3.8, 4) is 5.75 Å². The predicted molar refractivity (Wildman–Crippen MR) is 101 cm³/mol. The van der Waals surface area contributed by atoms with E-state index in [1.807, 2.05) is 25.1 Å². The number of fused-ring (bicyclic) bond motifs is 1. The number of benzene rings is 2. The zero-order chi connectivity index (χ0) is 17.6. The highest BCUT2D eigenvalue weighted by molar-refractivity contribution is 5.85. The molecule has 25 heavy (non-hydrogen) atoms. The number of H-pyrrole nitrogens is 1. The van der Waals surface area contributed by atoms with Crippen molar-refractivity contribution in [2.45, 2.75) is 26.2 Å². The van der Waals surface area contributed by atoms with Gasteiger partial charge in [-0.1, -0.05) is 37.3 Å². The zero-order valence-electron chi connectivity index (χ0n) is 14.8. The van der Waals surface area contributed by atoms with Gasteiger partial charge in [-0.25, -0.2) is 0 Å². The van der Waals surface area contributed by atoms with E-state index in [2.05, 4.69) is 40.6 Å². The highest BCUT2D eigenvalue weighted by Crippen LogP contribution is 2.25. The maximum Gasteiger partial charge on any atom is 0.219 e. The molecule has 0 bridgehead atoms. The summed E-state index contributed by atoms with van der Waals surface area (Å²) in [5, 5.41) is 4.21. The molecule has 0 spiro atoms. The Bertz CT molecular complexity index is 850. The molecule has 1 heterocycles. The Morgan fingerprint density at radius 2 is 1.88 bits per heavy atom. The van der Waals surface area contributed by atoms with Gasteiger partial charge in [-0.2, -0.15) is 0 Å². The summed E-state index contributed by atoms with van der Waals surface area (Å²) >= 11 is 0. The van der Waals surface area contributed by atoms with Crippen LogP contribution in [-0.2, 0) is 17.6 Å². The summed E-state index contributed by atoms with van der Waals surface area (Å²) in [4.78, 5) is 15.1. The number of ether oxygens (including phenoxy) is 1. The second-order valence-electron chi connectivity index (χ2n) is 6.11. The van der Waals surface area contributed by atoms with Gasteiger partial charge < -0.3 is 15.0 Å². The number of amides is 1. The molecule has 130 valence electrons. The maximum absolute atomic E-state index is 11.5. The fourth-order valence-corrected chi connectivity index (χ4v) is 3.09. The van der Waals surface area contributed by atoms with Crippen molar-refractivity contribution in [2.75, 3.05) is 13.7 Å². The fraction of sp³-hybridized carbons (Fsp3) is 0.286. The third-order valence-electron chi connectivity index (χ3n) is 4.46. The van der Waals surface area contributed by atoms with Crippen LogP contribution in [0.1, 0.15) is 30.2 Å². The van der Waals surface area contributed by atoms with Crippen molar-refractivity contribution in [3.63, 3.8) is 0 Å². The Labute approximate surface area is 148 Å². The van der Waals surface area contributed by atoms with Gasteiger partial charge in [0, 0.05) is 36.0 Å². The number of carbonyl (C=O) groups is 1. The molecule has 0 aliphatic heterocycles. The monoisotopic (exact) mass is 336 g/mol. The van der Waals surface area contributed by atoms with Crippen LogP contribution in [0.5, 0.6) is 5.75 Å². The number of aromatic nitrogens is 1. The molecule has 0 aliphatic rings. The number of rotatable bonds is 7. The second kappa shape index (κ2) is 7.88. The van der Waals surface area contributed by atoms with E-state index in [1.165, 1.54) is 22.2 Å². The van der Waals surface area contributed by atoms with E-state index in [0.717, 1.165) is 24.1 Å². The second-order valence-corrected chi connectivity index (χ2v) is 6.11. The molecule has 1 aromatic heterocycles. The Morgan fingerprint density at radius 3 is 2.60 bits per heavy atom. The molecule has 1 amide bonds. The lowest BCUT2D eigenvalue weighted by molar-refractivity contribution is -0.120. The predicted octanol–water partition coefficient (Wildman–Crippen LogP) is 3.84. The molecule has 2 aromatic carbocycles. The first-order chi connectivity index (χ1) is 12.2. The van der Waals surface area contributed by atoms with Gasteiger partial charge in [-0.15, -0.1) is 0 Å². The summed E-state index contributed by atoms with van der Waals surface area (Å²) in [7, 11) is 1.68. The molecule has 0 atom stereocenters. The first kappa shape index (κ1) is 17.1. The van der Waals surface area contributed by atoms with E-state index in [4.69, 9.17) is 4.74 Å². The largest absolute Gasteiger partial charge is 0.497 e. The van der Waals surface area contributed by atoms with Gasteiger partial charge in [0.25, 0.3) is 0 Å². The van der Waals surface area contributed by atoms with Gasteiger partial charge in [-0.3, -0.25) is 4.79 Å². The third kappa shape index (κ3) is 4.02. The Kier molecular flexibility index (Phi) is 5.39. The topological polar surface area (TPSA) is 54.1 Å². The minimum Gasteiger partial charge on any atom is -0.497 e. The molecule has 4 heteroatoms. The number of nitrogens with one attached hydrogen (secondary N) is 2. The van der Waals surface area contributed by atoms with Crippen LogP contribution in [0.4, 0.5) is 0 Å².